The summed E-state index contributed by atoms with van der Waals surface area (Å²) < 4.78 is 0. The van der Waals surface area contributed by atoms with E-state index in [0.717, 1.165) is 31.3 Å². The summed E-state index contributed by atoms with van der Waals surface area (Å²) in [7, 11) is 2.21. The van der Waals surface area contributed by atoms with E-state index in [4.69, 9.17) is 0 Å². The van der Waals surface area contributed by atoms with Gasteiger partial charge in [-0.3, -0.25) is 4.90 Å². The Labute approximate surface area is 146 Å². The number of aromatic nitrogens is 2. The molecule has 0 bridgehead atoms. The average molecular weight is 332 g/mol. The fourth-order valence-electron chi connectivity index (χ4n) is 3.68. The van der Waals surface area contributed by atoms with Crippen molar-refractivity contribution >= 4 is 11.6 Å². The van der Waals surface area contributed by atoms with Crippen molar-refractivity contribution in [2.75, 3.05) is 63.1 Å². The van der Waals surface area contributed by atoms with Gasteiger partial charge in [0.05, 0.1) is 0 Å². The van der Waals surface area contributed by atoms with E-state index < -0.39 is 0 Å². The molecule has 0 aromatic carbocycles. The first-order valence-electron chi connectivity index (χ1n) is 9.49. The van der Waals surface area contributed by atoms with Crippen molar-refractivity contribution in [3.63, 3.8) is 0 Å². The summed E-state index contributed by atoms with van der Waals surface area (Å²) in [4.78, 5) is 16.3. The van der Waals surface area contributed by atoms with Gasteiger partial charge in [0.25, 0.3) is 0 Å². The van der Waals surface area contributed by atoms with E-state index in [-0.39, 0.29) is 0 Å². The van der Waals surface area contributed by atoms with Crippen LogP contribution in [0.3, 0.4) is 0 Å². The Hall–Kier alpha value is -1.40. The molecule has 0 saturated carbocycles. The summed E-state index contributed by atoms with van der Waals surface area (Å²) in [5.74, 6) is 2.03. The van der Waals surface area contributed by atoms with Gasteiger partial charge in [-0.2, -0.15) is 0 Å². The van der Waals surface area contributed by atoms with Gasteiger partial charge in [-0.15, -0.1) is 0 Å². The lowest BCUT2D eigenvalue weighted by atomic mass is 10.1. The van der Waals surface area contributed by atoms with Gasteiger partial charge < -0.3 is 15.1 Å². The summed E-state index contributed by atoms with van der Waals surface area (Å²) in [5, 5.41) is 3.55. The van der Waals surface area contributed by atoms with Crippen molar-refractivity contribution in [1.82, 2.24) is 19.8 Å². The zero-order valence-electron chi connectivity index (χ0n) is 15.2. The van der Waals surface area contributed by atoms with Crippen LogP contribution in [0.2, 0.25) is 0 Å². The van der Waals surface area contributed by atoms with Crippen LogP contribution in [0.25, 0.3) is 0 Å². The Kier molecular flexibility index (Phi) is 6.26. The van der Waals surface area contributed by atoms with Crippen molar-refractivity contribution in [3.05, 3.63) is 12.4 Å². The van der Waals surface area contributed by atoms with Crippen molar-refractivity contribution in [2.24, 2.45) is 0 Å². The number of likely N-dealkylation sites (N-methyl/N-ethyl adjacent to an activating group) is 1. The van der Waals surface area contributed by atoms with Gasteiger partial charge in [0, 0.05) is 57.9 Å². The van der Waals surface area contributed by atoms with Crippen LogP contribution >= 0.6 is 0 Å². The second-order valence-electron chi connectivity index (χ2n) is 7.09. The lowest BCUT2D eigenvalue weighted by Gasteiger charge is -2.37. The van der Waals surface area contributed by atoms with E-state index in [9.17, 15) is 0 Å². The van der Waals surface area contributed by atoms with Crippen molar-refractivity contribution < 1.29 is 0 Å². The summed E-state index contributed by atoms with van der Waals surface area (Å²) in [6.07, 6.45) is 6.75. The zero-order valence-corrected chi connectivity index (χ0v) is 15.2. The van der Waals surface area contributed by atoms with Gasteiger partial charge in [-0.1, -0.05) is 6.92 Å². The lowest BCUT2D eigenvalue weighted by Crippen LogP contribution is -2.50. The maximum absolute atomic E-state index is 4.47. The Morgan fingerprint density at radius 1 is 1.04 bits per heavy atom. The number of anilines is 2. The molecule has 1 N–H and O–H groups in total. The van der Waals surface area contributed by atoms with Crippen LogP contribution in [0, 0.1) is 0 Å². The first kappa shape index (κ1) is 17.4. The molecular formula is C18H32N6. The third-order valence-electron chi connectivity index (χ3n) is 5.38. The van der Waals surface area contributed by atoms with Gasteiger partial charge in [-0.05, 0) is 32.7 Å². The fraction of sp³-hybridized carbons (Fsp3) is 0.778. The van der Waals surface area contributed by atoms with E-state index in [1.165, 1.54) is 51.9 Å². The minimum absolute atomic E-state index is 0.576. The molecule has 0 unspecified atom stereocenters. The molecule has 0 radical (unpaired) electrons. The second kappa shape index (κ2) is 8.62. The van der Waals surface area contributed by atoms with Crippen LogP contribution in [-0.4, -0.2) is 78.7 Å². The first-order chi connectivity index (χ1) is 11.8. The third kappa shape index (κ3) is 4.57. The molecule has 24 heavy (non-hydrogen) atoms. The number of piperidine rings is 1. The van der Waals surface area contributed by atoms with E-state index in [1.807, 2.05) is 0 Å². The summed E-state index contributed by atoms with van der Waals surface area (Å²) >= 11 is 0. The molecule has 2 aliphatic heterocycles. The zero-order chi connectivity index (χ0) is 16.8. The number of hydrogen-bond acceptors (Lipinski definition) is 6. The maximum Gasteiger partial charge on any atom is 0.134 e. The van der Waals surface area contributed by atoms with Gasteiger partial charge in [0.2, 0.25) is 0 Å². The normalized spacial score (nSPS) is 21.7. The highest BCUT2D eigenvalue weighted by Gasteiger charge is 2.21. The molecule has 0 spiro atoms. The van der Waals surface area contributed by atoms with E-state index in [1.54, 1.807) is 6.33 Å². The van der Waals surface area contributed by atoms with Crippen LogP contribution < -0.4 is 10.2 Å². The molecule has 3 heterocycles. The van der Waals surface area contributed by atoms with Crippen molar-refractivity contribution in [3.8, 4) is 0 Å². The van der Waals surface area contributed by atoms with Gasteiger partial charge in [-0.25, -0.2) is 9.97 Å². The Bertz CT molecular complexity index is 494. The average Bonchev–Trinajstić information content (AvgIpc) is 2.64. The smallest absolute Gasteiger partial charge is 0.134 e. The maximum atomic E-state index is 4.47. The highest BCUT2D eigenvalue weighted by Crippen LogP contribution is 2.19. The molecule has 1 aromatic heterocycles. The molecule has 6 nitrogen and oxygen atoms in total. The van der Waals surface area contributed by atoms with Crippen LogP contribution in [0.15, 0.2) is 12.4 Å². The quantitative estimate of drug-likeness (QED) is 0.859. The Balaban J connectivity index is 1.55. The van der Waals surface area contributed by atoms with Crippen molar-refractivity contribution in [2.45, 2.75) is 38.6 Å². The van der Waals surface area contributed by atoms with E-state index in [0.29, 0.717) is 6.04 Å². The van der Waals surface area contributed by atoms with Crippen LogP contribution in [-0.2, 0) is 0 Å². The minimum Gasteiger partial charge on any atom is -0.368 e. The van der Waals surface area contributed by atoms with E-state index >= 15 is 0 Å². The summed E-state index contributed by atoms with van der Waals surface area (Å²) in [6, 6.07) is 2.69. The number of rotatable bonds is 6. The van der Waals surface area contributed by atoms with Gasteiger partial charge >= 0.3 is 0 Å². The molecule has 1 aromatic rings. The second-order valence-corrected chi connectivity index (χ2v) is 7.09. The molecule has 6 heteroatoms. The number of nitrogens with zero attached hydrogens (tertiary/aromatic N) is 5. The number of nitrogens with one attached hydrogen (secondary N) is 1. The summed E-state index contributed by atoms with van der Waals surface area (Å²) in [6.45, 7) is 10.1. The number of piperazine rings is 1. The fourth-order valence-corrected chi connectivity index (χ4v) is 3.68. The Morgan fingerprint density at radius 3 is 2.50 bits per heavy atom. The monoisotopic (exact) mass is 332 g/mol. The lowest BCUT2D eigenvalue weighted by molar-refractivity contribution is 0.114. The van der Waals surface area contributed by atoms with E-state index in [2.05, 4.69) is 50.0 Å². The molecule has 1 atom stereocenters. The van der Waals surface area contributed by atoms with Crippen molar-refractivity contribution in [1.29, 1.82) is 0 Å². The van der Waals surface area contributed by atoms with Crippen LogP contribution in [0.4, 0.5) is 11.6 Å². The largest absolute Gasteiger partial charge is 0.368 e. The number of hydrogen-bond donors (Lipinski definition) is 1. The predicted octanol–water partition coefficient (Wildman–Crippen LogP) is 1.90. The van der Waals surface area contributed by atoms with Crippen LogP contribution in [0.1, 0.15) is 32.6 Å². The molecule has 2 aliphatic rings. The van der Waals surface area contributed by atoms with Gasteiger partial charge in [0.1, 0.15) is 18.0 Å². The highest BCUT2D eigenvalue weighted by atomic mass is 15.3. The molecule has 2 saturated heterocycles. The summed E-state index contributed by atoms with van der Waals surface area (Å²) in [5.41, 5.74) is 0. The molecular weight excluding hydrogens is 300 g/mol. The SMILES string of the molecule is CC[C@H](CNc1cc(N2CCCCC2)ncn1)N1CCN(C)CC1. The minimum atomic E-state index is 0.576. The third-order valence-corrected chi connectivity index (χ3v) is 5.38. The Morgan fingerprint density at radius 2 is 1.79 bits per heavy atom. The molecule has 3 rings (SSSR count). The topological polar surface area (TPSA) is 47.5 Å². The van der Waals surface area contributed by atoms with Gasteiger partial charge in [0.15, 0.2) is 0 Å². The first-order valence-corrected chi connectivity index (χ1v) is 9.49. The molecule has 0 amide bonds. The molecule has 2 fully saturated rings. The molecule has 0 aliphatic carbocycles. The highest BCUT2D eigenvalue weighted by molar-refractivity contribution is 5.48. The molecule has 134 valence electrons. The van der Waals surface area contributed by atoms with Crippen LogP contribution in [0.5, 0.6) is 0 Å². The predicted molar refractivity (Wildman–Crippen MR) is 99.7 cm³/mol. The standard InChI is InChI=1S/C18H32N6/c1-3-16(23-11-9-22(2)10-12-23)14-19-17-13-18(21-15-20-17)24-7-5-4-6-8-24/h13,15-16H,3-12,14H2,1-2H3,(H,19,20,21)/t16-/m1/s1.